The molecule has 2 aromatic carbocycles. The van der Waals surface area contributed by atoms with Crippen LogP contribution in [0.4, 0.5) is 0 Å². The van der Waals surface area contributed by atoms with Gasteiger partial charge in [0.1, 0.15) is 12.3 Å². The van der Waals surface area contributed by atoms with E-state index < -0.39 is 21.5 Å². The molecule has 1 aliphatic heterocycles. The van der Waals surface area contributed by atoms with Crippen molar-refractivity contribution < 1.29 is 18.0 Å². The fourth-order valence-corrected chi connectivity index (χ4v) is 5.90. The van der Waals surface area contributed by atoms with E-state index in [9.17, 15) is 18.0 Å². The van der Waals surface area contributed by atoms with Crippen LogP contribution < -0.4 is 5.32 Å². The Hall–Kier alpha value is -2.84. The minimum absolute atomic E-state index is 0.0240. The number of hydrogen-bond donors (Lipinski definition) is 1. The number of nitrogens with one attached hydrogen (secondary N) is 1. The highest BCUT2D eigenvalue weighted by molar-refractivity contribution is 7.92. The van der Waals surface area contributed by atoms with Crippen molar-refractivity contribution in [2.75, 3.05) is 18.8 Å². The van der Waals surface area contributed by atoms with Gasteiger partial charge in [-0.05, 0) is 30.5 Å². The van der Waals surface area contributed by atoms with E-state index in [4.69, 9.17) is 11.6 Å². The van der Waals surface area contributed by atoms with Crippen molar-refractivity contribution in [1.82, 2.24) is 14.8 Å². The van der Waals surface area contributed by atoms with Crippen LogP contribution >= 0.6 is 11.6 Å². The summed E-state index contributed by atoms with van der Waals surface area (Å²) in [5, 5.41) is 3.64. The predicted molar refractivity (Wildman–Crippen MR) is 132 cm³/mol. The predicted octanol–water partition coefficient (Wildman–Crippen LogP) is 3.79. The zero-order valence-corrected chi connectivity index (χ0v) is 20.4. The lowest BCUT2D eigenvalue weighted by Crippen LogP contribution is -2.34. The normalized spacial score (nSPS) is 14.7. The van der Waals surface area contributed by atoms with E-state index in [2.05, 4.69) is 5.32 Å². The molecule has 1 aliphatic rings. The van der Waals surface area contributed by atoms with E-state index in [1.54, 1.807) is 47.0 Å². The van der Waals surface area contributed by atoms with Crippen molar-refractivity contribution in [3.63, 3.8) is 0 Å². The average molecular weight is 502 g/mol. The van der Waals surface area contributed by atoms with Crippen LogP contribution in [-0.2, 0) is 32.5 Å². The van der Waals surface area contributed by atoms with E-state index in [1.807, 2.05) is 11.0 Å². The van der Waals surface area contributed by atoms with E-state index >= 15 is 0 Å². The molecule has 1 N–H and O–H groups in total. The number of hydrogen-bond acceptors (Lipinski definition) is 4. The number of fused-ring (bicyclic) bond motifs is 1. The molecule has 1 fully saturated rings. The summed E-state index contributed by atoms with van der Waals surface area (Å²) in [7, 11) is -3.94. The Morgan fingerprint density at radius 2 is 1.62 bits per heavy atom. The molecule has 0 bridgehead atoms. The second-order valence-electron chi connectivity index (χ2n) is 8.56. The largest absolute Gasteiger partial charge is 0.351 e. The fourth-order valence-electron chi connectivity index (χ4n) is 4.29. The molecule has 1 aromatic heterocycles. The summed E-state index contributed by atoms with van der Waals surface area (Å²) in [6.45, 7) is 1.67. The van der Waals surface area contributed by atoms with Gasteiger partial charge in [0.05, 0.1) is 4.90 Å². The van der Waals surface area contributed by atoms with Crippen LogP contribution in [0, 0.1) is 0 Å². The molecule has 0 aliphatic carbocycles. The molecule has 9 heteroatoms. The summed E-state index contributed by atoms with van der Waals surface area (Å²) in [6, 6.07) is 14.1. The number of carbonyl (C=O) groups excluding carboxylic acids is 2. The first kappa shape index (κ1) is 24.3. The Morgan fingerprint density at radius 3 is 2.35 bits per heavy atom. The molecule has 0 spiro atoms. The number of aromatic nitrogens is 1. The average Bonchev–Trinajstić information content (AvgIpc) is 2.98. The number of amides is 2. The monoisotopic (exact) mass is 501 g/mol. The first-order valence-corrected chi connectivity index (χ1v) is 13.5. The van der Waals surface area contributed by atoms with Crippen molar-refractivity contribution in [2.24, 2.45) is 0 Å². The zero-order valence-electron chi connectivity index (χ0n) is 18.9. The van der Waals surface area contributed by atoms with Gasteiger partial charge in [-0.15, -0.1) is 0 Å². The molecule has 2 heterocycles. The maximum absolute atomic E-state index is 13.2. The van der Waals surface area contributed by atoms with Gasteiger partial charge in [-0.25, -0.2) is 8.42 Å². The highest BCUT2D eigenvalue weighted by Crippen LogP contribution is 2.27. The number of nitrogens with zero attached hydrogens (tertiary/aromatic N) is 2. The quantitative estimate of drug-likeness (QED) is 0.533. The Bertz CT molecular complexity index is 1290. The third-order valence-electron chi connectivity index (χ3n) is 6.11. The summed E-state index contributed by atoms with van der Waals surface area (Å²) in [5.74, 6) is -1.33. The molecule has 1 saturated heterocycles. The number of rotatable bonds is 7. The number of sulfone groups is 1. The highest BCUT2D eigenvalue weighted by atomic mass is 35.5. The Balaban J connectivity index is 1.52. The fraction of sp³-hybridized carbons (Fsp3) is 0.360. The van der Waals surface area contributed by atoms with E-state index in [0.29, 0.717) is 21.5 Å². The molecule has 180 valence electrons. The second-order valence-corrected chi connectivity index (χ2v) is 10.9. The Morgan fingerprint density at radius 1 is 0.941 bits per heavy atom. The molecular formula is C25H28ClN3O4S. The van der Waals surface area contributed by atoms with Gasteiger partial charge in [-0.2, -0.15) is 0 Å². The molecule has 0 unspecified atom stereocenters. The van der Waals surface area contributed by atoms with Crippen LogP contribution in [-0.4, -0.2) is 48.5 Å². The Labute approximate surface area is 204 Å². The maximum atomic E-state index is 13.2. The van der Waals surface area contributed by atoms with Gasteiger partial charge in [0.15, 0.2) is 9.84 Å². The van der Waals surface area contributed by atoms with Crippen molar-refractivity contribution in [3.8, 4) is 0 Å². The minimum atomic E-state index is -3.94. The number of halogens is 1. The lowest BCUT2D eigenvalue weighted by Gasteiger charge is -2.20. The smallest absolute Gasteiger partial charge is 0.242 e. The van der Waals surface area contributed by atoms with Gasteiger partial charge >= 0.3 is 0 Å². The molecule has 7 nitrogen and oxygen atoms in total. The van der Waals surface area contributed by atoms with Crippen molar-refractivity contribution in [1.29, 1.82) is 0 Å². The standard InChI is InChI=1S/C25H28ClN3O4S/c26-21-11-5-3-9-19(21)15-27-24(30)18-34(32,33)23-16-29(22-12-6-4-10-20(22)23)17-25(31)28-13-7-1-2-8-14-28/h3-6,9-12,16H,1-2,7-8,13-15,17-18H2,(H,27,30). The van der Waals surface area contributed by atoms with Gasteiger partial charge in [-0.1, -0.05) is 60.8 Å². The van der Waals surface area contributed by atoms with Crippen LogP contribution in [0.15, 0.2) is 59.6 Å². The third-order valence-corrected chi connectivity index (χ3v) is 8.11. The summed E-state index contributed by atoms with van der Waals surface area (Å²) in [5.41, 5.74) is 1.36. The van der Waals surface area contributed by atoms with E-state index in [-0.39, 0.29) is 23.9 Å². The number of likely N-dealkylation sites (tertiary alicyclic amines) is 1. The minimum Gasteiger partial charge on any atom is -0.351 e. The number of benzene rings is 2. The van der Waals surface area contributed by atoms with Crippen molar-refractivity contribution in [2.45, 2.75) is 43.7 Å². The molecule has 34 heavy (non-hydrogen) atoms. The summed E-state index contributed by atoms with van der Waals surface area (Å²) < 4.78 is 28.0. The second kappa shape index (κ2) is 10.6. The molecule has 0 radical (unpaired) electrons. The lowest BCUT2D eigenvalue weighted by atomic mass is 10.2. The van der Waals surface area contributed by atoms with Gasteiger partial charge in [0.2, 0.25) is 11.8 Å². The van der Waals surface area contributed by atoms with Gasteiger partial charge in [0, 0.05) is 41.8 Å². The zero-order chi connectivity index (χ0) is 24.1. The topological polar surface area (TPSA) is 88.5 Å². The molecule has 2 amide bonds. The molecular weight excluding hydrogens is 474 g/mol. The first-order valence-electron chi connectivity index (χ1n) is 11.4. The Kier molecular flexibility index (Phi) is 7.58. The van der Waals surface area contributed by atoms with Crippen LogP contribution in [0.5, 0.6) is 0 Å². The van der Waals surface area contributed by atoms with Crippen LogP contribution in [0.25, 0.3) is 10.9 Å². The summed E-state index contributed by atoms with van der Waals surface area (Å²) in [6.07, 6.45) is 5.70. The molecule has 4 rings (SSSR count). The maximum Gasteiger partial charge on any atom is 0.242 e. The van der Waals surface area contributed by atoms with Gasteiger partial charge in [0.25, 0.3) is 0 Å². The summed E-state index contributed by atoms with van der Waals surface area (Å²) in [4.78, 5) is 27.3. The van der Waals surface area contributed by atoms with Gasteiger partial charge < -0.3 is 14.8 Å². The van der Waals surface area contributed by atoms with E-state index in [1.165, 1.54) is 6.20 Å². The molecule has 0 saturated carbocycles. The number of para-hydroxylation sites is 1. The van der Waals surface area contributed by atoms with Crippen molar-refractivity contribution >= 4 is 44.2 Å². The SMILES string of the molecule is O=C(CS(=O)(=O)c1cn(CC(=O)N2CCCCCC2)c2ccccc12)NCc1ccccc1Cl. The summed E-state index contributed by atoms with van der Waals surface area (Å²) >= 11 is 6.11. The third kappa shape index (κ3) is 5.62. The molecule has 0 atom stereocenters. The van der Waals surface area contributed by atoms with Crippen LogP contribution in [0.3, 0.4) is 0 Å². The van der Waals surface area contributed by atoms with Crippen LogP contribution in [0.1, 0.15) is 31.2 Å². The highest BCUT2D eigenvalue weighted by Gasteiger charge is 2.25. The first-order chi connectivity index (χ1) is 16.3. The van der Waals surface area contributed by atoms with Crippen LogP contribution in [0.2, 0.25) is 5.02 Å². The lowest BCUT2D eigenvalue weighted by molar-refractivity contribution is -0.131. The molecule has 3 aromatic rings. The van der Waals surface area contributed by atoms with E-state index in [0.717, 1.165) is 38.8 Å². The number of carbonyl (C=O) groups is 2. The van der Waals surface area contributed by atoms with Gasteiger partial charge in [-0.3, -0.25) is 9.59 Å². The van der Waals surface area contributed by atoms with Crippen molar-refractivity contribution in [3.05, 3.63) is 65.3 Å².